The molecular formula is C18H35AlO3Ti+4. The first-order valence-corrected chi connectivity index (χ1v) is 8.97. The van der Waals surface area contributed by atoms with E-state index >= 15 is 0 Å². The van der Waals surface area contributed by atoms with Gasteiger partial charge in [-0.05, 0) is 12.8 Å². The van der Waals surface area contributed by atoms with E-state index in [0.717, 1.165) is 12.8 Å². The number of rotatable bonds is 16. The number of carboxylic acid groups (broad SMARTS) is 1. The monoisotopic (exact) mass is 374 g/mol. The van der Waals surface area contributed by atoms with Crippen LogP contribution in [-0.2, 0) is 32.0 Å². The molecule has 0 unspecified atom stereocenters. The number of hydrogen-bond acceptors (Lipinski definition) is 2. The summed E-state index contributed by atoms with van der Waals surface area (Å²) in [7, 11) is 0. The van der Waals surface area contributed by atoms with E-state index in [4.69, 9.17) is 0 Å². The van der Waals surface area contributed by atoms with Gasteiger partial charge in [-0.2, -0.15) is 0 Å². The number of carbonyl (C=O) groups is 1. The Kier molecular flexibility index (Phi) is 37.6. The van der Waals surface area contributed by atoms with Crippen molar-refractivity contribution in [3.05, 3.63) is 0 Å². The Morgan fingerprint density at radius 1 is 0.652 bits per heavy atom. The van der Waals surface area contributed by atoms with Gasteiger partial charge in [-0.25, -0.2) is 0 Å². The van der Waals surface area contributed by atoms with Gasteiger partial charge in [-0.1, -0.05) is 96.8 Å². The van der Waals surface area contributed by atoms with Crippen LogP contribution in [0.25, 0.3) is 0 Å². The van der Waals surface area contributed by atoms with Gasteiger partial charge in [0.25, 0.3) is 0 Å². The molecular weight excluding hydrogens is 339 g/mol. The molecule has 0 aliphatic heterocycles. The van der Waals surface area contributed by atoms with Crippen LogP contribution < -0.4 is 5.11 Å². The van der Waals surface area contributed by atoms with Crippen LogP contribution in [0.2, 0.25) is 0 Å². The van der Waals surface area contributed by atoms with Gasteiger partial charge < -0.3 is 15.4 Å². The van der Waals surface area contributed by atoms with Crippen LogP contribution in [0.5, 0.6) is 0 Å². The van der Waals surface area contributed by atoms with Crippen molar-refractivity contribution in [1.82, 2.24) is 0 Å². The number of carboxylic acids is 1. The molecule has 0 aromatic heterocycles. The van der Waals surface area contributed by atoms with Crippen LogP contribution in [0.4, 0.5) is 0 Å². The minimum absolute atomic E-state index is 0. The molecule has 0 heterocycles. The van der Waals surface area contributed by atoms with Crippen LogP contribution in [-0.4, -0.2) is 23.3 Å². The number of hydrogen-bond donors (Lipinski definition) is 0. The summed E-state index contributed by atoms with van der Waals surface area (Å²) in [6.45, 7) is 2.27. The van der Waals surface area contributed by atoms with E-state index in [2.05, 4.69) is 6.92 Å². The fraction of sp³-hybridized carbons (Fsp3) is 0.944. The number of unbranched alkanes of at least 4 members (excludes halogenated alkanes) is 14. The number of aliphatic carboxylic acids is 1. The molecule has 0 bridgehead atoms. The summed E-state index contributed by atoms with van der Waals surface area (Å²) in [5, 5.41) is 10.2. The van der Waals surface area contributed by atoms with Gasteiger partial charge in [0.15, 0.2) is 0 Å². The molecule has 0 fully saturated rings. The first kappa shape index (κ1) is 31.4. The van der Waals surface area contributed by atoms with Gasteiger partial charge in [0, 0.05) is 5.97 Å². The van der Waals surface area contributed by atoms with Crippen molar-refractivity contribution in [3.63, 3.8) is 0 Å². The van der Waals surface area contributed by atoms with E-state index in [1.165, 1.54) is 83.5 Å². The Morgan fingerprint density at radius 2 is 0.913 bits per heavy atom. The fourth-order valence-electron chi connectivity index (χ4n) is 2.64. The molecule has 0 aromatic rings. The summed E-state index contributed by atoms with van der Waals surface area (Å²) in [5.74, 6) is -0.903. The van der Waals surface area contributed by atoms with Gasteiger partial charge in [0.1, 0.15) is 0 Å². The second kappa shape index (κ2) is 27.5. The van der Waals surface area contributed by atoms with Gasteiger partial charge in [-0.3, -0.25) is 0 Å². The van der Waals surface area contributed by atoms with E-state index in [0.29, 0.717) is 0 Å². The molecule has 0 aromatic carbocycles. The molecule has 0 aliphatic rings. The van der Waals surface area contributed by atoms with Crippen molar-refractivity contribution in [2.24, 2.45) is 0 Å². The predicted molar refractivity (Wildman–Crippen MR) is 91.0 cm³/mol. The second-order valence-corrected chi connectivity index (χ2v) is 6.07. The first-order valence-electron chi connectivity index (χ1n) is 8.97. The SMILES string of the molecule is CCCCCCCCCCCCCCCCCC(=O)[O-].[Al+3].[O-2].[Ti+4]. The second-order valence-electron chi connectivity index (χ2n) is 6.07. The number of carbonyl (C=O) groups excluding carboxylic acids is 1. The van der Waals surface area contributed by atoms with Gasteiger partial charge in [0.2, 0.25) is 0 Å². The minimum Gasteiger partial charge on any atom is -2.00 e. The molecule has 0 atom stereocenters. The van der Waals surface area contributed by atoms with Crippen molar-refractivity contribution < 1.29 is 37.1 Å². The third-order valence-electron chi connectivity index (χ3n) is 3.98. The Balaban J connectivity index is -0.000000602. The molecule has 5 heteroatoms. The van der Waals surface area contributed by atoms with Gasteiger partial charge in [0.05, 0.1) is 0 Å². The van der Waals surface area contributed by atoms with Crippen molar-refractivity contribution in [2.75, 3.05) is 0 Å². The maximum atomic E-state index is 10.2. The molecule has 128 valence electrons. The molecule has 0 amide bonds. The van der Waals surface area contributed by atoms with E-state index in [-0.39, 0.29) is 51.0 Å². The van der Waals surface area contributed by atoms with Gasteiger partial charge >= 0.3 is 39.1 Å². The molecule has 0 N–H and O–H groups in total. The maximum Gasteiger partial charge on any atom is 4.00 e. The zero-order chi connectivity index (χ0) is 14.9. The van der Waals surface area contributed by atoms with Gasteiger partial charge in [-0.15, -0.1) is 0 Å². The van der Waals surface area contributed by atoms with E-state index in [1.54, 1.807) is 0 Å². The zero-order valence-corrected chi connectivity index (χ0v) is 17.8. The van der Waals surface area contributed by atoms with Crippen LogP contribution >= 0.6 is 0 Å². The van der Waals surface area contributed by atoms with E-state index < -0.39 is 5.97 Å². The molecule has 0 radical (unpaired) electrons. The molecule has 0 saturated heterocycles. The van der Waals surface area contributed by atoms with Crippen LogP contribution in [0.15, 0.2) is 0 Å². The third kappa shape index (κ3) is 31.0. The topological polar surface area (TPSA) is 68.6 Å². The summed E-state index contributed by atoms with van der Waals surface area (Å²) < 4.78 is 0. The molecule has 3 nitrogen and oxygen atoms in total. The van der Waals surface area contributed by atoms with E-state index in [9.17, 15) is 9.90 Å². The summed E-state index contributed by atoms with van der Waals surface area (Å²) in [6, 6.07) is 0. The standard InChI is InChI=1S/C18H36O2.Al.O.Ti/c1-2-3-4-5-6-7-8-9-10-11-12-13-14-15-16-17-18(19)20;;;/h2-17H2,1H3,(H,19,20);;;/q;+3;-2;+4/p-1. The smallest absolute Gasteiger partial charge is 2.00 e. The zero-order valence-electron chi connectivity index (χ0n) is 15.1. The normalized spacial score (nSPS) is 9.43. The Labute approximate surface area is 169 Å². The summed E-state index contributed by atoms with van der Waals surface area (Å²) in [4.78, 5) is 10.2. The van der Waals surface area contributed by atoms with Crippen LogP contribution in [0.3, 0.4) is 0 Å². The molecule has 23 heavy (non-hydrogen) atoms. The summed E-state index contributed by atoms with van der Waals surface area (Å²) in [6.07, 6.45) is 19.9. The molecule has 0 rings (SSSR count). The van der Waals surface area contributed by atoms with Crippen LogP contribution in [0.1, 0.15) is 110 Å². The predicted octanol–water partition coefficient (Wildman–Crippen LogP) is 4.50. The Hall–Kier alpha value is 0.677. The van der Waals surface area contributed by atoms with E-state index in [1.807, 2.05) is 0 Å². The summed E-state index contributed by atoms with van der Waals surface area (Å²) in [5.41, 5.74) is 0. The quantitative estimate of drug-likeness (QED) is 0.295. The van der Waals surface area contributed by atoms with Crippen molar-refractivity contribution in [1.29, 1.82) is 0 Å². The maximum absolute atomic E-state index is 10.2. The third-order valence-corrected chi connectivity index (χ3v) is 3.98. The minimum atomic E-state index is -0.903. The fourth-order valence-corrected chi connectivity index (χ4v) is 2.64. The molecule has 0 saturated carbocycles. The Bertz CT molecular complexity index is 216. The first-order chi connectivity index (χ1) is 9.77. The molecule has 0 aliphatic carbocycles. The summed E-state index contributed by atoms with van der Waals surface area (Å²) >= 11 is 0. The molecule has 0 spiro atoms. The van der Waals surface area contributed by atoms with Crippen molar-refractivity contribution >= 4 is 23.3 Å². The Morgan fingerprint density at radius 3 is 1.17 bits per heavy atom. The average molecular weight is 374 g/mol. The van der Waals surface area contributed by atoms with Crippen molar-refractivity contribution in [2.45, 2.75) is 110 Å². The average Bonchev–Trinajstić information content (AvgIpc) is 2.43. The van der Waals surface area contributed by atoms with Crippen molar-refractivity contribution in [3.8, 4) is 0 Å². The largest absolute Gasteiger partial charge is 4.00 e. The van der Waals surface area contributed by atoms with Crippen LogP contribution in [0, 0.1) is 0 Å².